The lowest BCUT2D eigenvalue weighted by molar-refractivity contribution is 0.136. The molecule has 0 saturated carbocycles. The lowest BCUT2D eigenvalue weighted by atomic mass is 10.2. The van der Waals surface area contributed by atoms with Crippen LogP contribution in [0.4, 0.5) is 5.82 Å². The van der Waals surface area contributed by atoms with Crippen molar-refractivity contribution in [2.24, 2.45) is 0 Å². The molecule has 0 saturated heterocycles. The molecule has 8 nitrogen and oxygen atoms in total. The number of aryl methyl sites for hydroxylation is 1. The number of hydrogen-bond acceptors (Lipinski definition) is 6. The van der Waals surface area contributed by atoms with Crippen LogP contribution < -0.4 is 4.72 Å². The maximum Gasteiger partial charge on any atom is 0.236 e. The van der Waals surface area contributed by atoms with Crippen molar-refractivity contribution in [1.82, 2.24) is 20.2 Å². The number of sulfonamides is 1. The first kappa shape index (κ1) is 15.4. The molecule has 114 valence electrons. The van der Waals surface area contributed by atoms with Crippen LogP contribution in [0.25, 0.3) is 11.4 Å². The fraction of sp³-hybridized carbons (Fsp3) is 0.417. The first-order valence-electron chi connectivity index (χ1n) is 6.28. The SMILES string of the molecule is COC(C)CS(=O)(=O)Nc1cc(-c2n[nH]c(C)n2)ccn1. The van der Waals surface area contributed by atoms with E-state index in [2.05, 4.69) is 24.9 Å². The second kappa shape index (κ2) is 6.19. The van der Waals surface area contributed by atoms with Crippen LogP contribution in [0.1, 0.15) is 12.7 Å². The Morgan fingerprint density at radius 3 is 2.86 bits per heavy atom. The molecule has 2 aromatic heterocycles. The summed E-state index contributed by atoms with van der Waals surface area (Å²) in [5.41, 5.74) is 0.673. The molecule has 2 rings (SSSR count). The Morgan fingerprint density at radius 2 is 2.24 bits per heavy atom. The summed E-state index contributed by atoms with van der Waals surface area (Å²) in [6, 6.07) is 3.29. The zero-order chi connectivity index (χ0) is 15.5. The highest BCUT2D eigenvalue weighted by atomic mass is 32.2. The van der Waals surface area contributed by atoms with Gasteiger partial charge in [0, 0.05) is 18.9 Å². The lowest BCUT2D eigenvalue weighted by Crippen LogP contribution is -2.25. The molecular weight excluding hydrogens is 294 g/mol. The number of rotatable bonds is 6. The van der Waals surface area contributed by atoms with Gasteiger partial charge in [-0.25, -0.2) is 18.4 Å². The van der Waals surface area contributed by atoms with Crippen LogP contribution in [0.3, 0.4) is 0 Å². The number of pyridine rings is 1. The molecule has 0 bridgehead atoms. The summed E-state index contributed by atoms with van der Waals surface area (Å²) in [4.78, 5) is 8.18. The molecule has 0 spiro atoms. The Labute approximate surface area is 123 Å². The predicted molar refractivity (Wildman–Crippen MR) is 78.2 cm³/mol. The minimum atomic E-state index is -3.53. The van der Waals surface area contributed by atoms with Gasteiger partial charge in [-0.3, -0.25) is 9.82 Å². The van der Waals surface area contributed by atoms with E-state index >= 15 is 0 Å². The highest BCUT2D eigenvalue weighted by Gasteiger charge is 2.16. The summed E-state index contributed by atoms with van der Waals surface area (Å²) in [5, 5.41) is 6.76. The fourth-order valence-corrected chi connectivity index (χ4v) is 2.94. The van der Waals surface area contributed by atoms with Crippen molar-refractivity contribution in [2.45, 2.75) is 20.0 Å². The molecular formula is C12H17N5O3S. The van der Waals surface area contributed by atoms with Crippen LogP contribution >= 0.6 is 0 Å². The average molecular weight is 311 g/mol. The zero-order valence-electron chi connectivity index (χ0n) is 12.0. The fourth-order valence-electron chi connectivity index (χ4n) is 1.68. The highest BCUT2D eigenvalue weighted by Crippen LogP contribution is 2.18. The van der Waals surface area contributed by atoms with Gasteiger partial charge >= 0.3 is 0 Å². The molecule has 21 heavy (non-hydrogen) atoms. The quantitative estimate of drug-likeness (QED) is 0.822. The average Bonchev–Trinajstić information content (AvgIpc) is 2.84. The maximum absolute atomic E-state index is 12.0. The van der Waals surface area contributed by atoms with E-state index in [1.54, 1.807) is 26.0 Å². The molecule has 2 N–H and O–H groups in total. The van der Waals surface area contributed by atoms with Crippen molar-refractivity contribution in [3.63, 3.8) is 0 Å². The number of nitrogens with zero attached hydrogens (tertiary/aromatic N) is 3. The van der Waals surface area contributed by atoms with E-state index in [1.807, 2.05) is 0 Å². The zero-order valence-corrected chi connectivity index (χ0v) is 12.8. The Balaban J connectivity index is 2.18. The van der Waals surface area contributed by atoms with Crippen molar-refractivity contribution in [2.75, 3.05) is 17.6 Å². The molecule has 2 heterocycles. The number of aromatic amines is 1. The monoisotopic (exact) mass is 311 g/mol. The predicted octanol–water partition coefficient (Wildman–Crippen LogP) is 0.952. The third-order valence-corrected chi connectivity index (χ3v) is 4.16. The normalized spacial score (nSPS) is 13.1. The van der Waals surface area contributed by atoms with Gasteiger partial charge in [0.15, 0.2) is 5.82 Å². The van der Waals surface area contributed by atoms with Crippen LogP contribution in [0.5, 0.6) is 0 Å². The largest absolute Gasteiger partial charge is 0.381 e. The van der Waals surface area contributed by atoms with Gasteiger partial charge in [0.25, 0.3) is 0 Å². The molecule has 0 aliphatic heterocycles. The van der Waals surface area contributed by atoms with Crippen molar-refractivity contribution in [1.29, 1.82) is 0 Å². The third-order valence-electron chi connectivity index (χ3n) is 2.73. The van der Waals surface area contributed by atoms with E-state index in [0.717, 1.165) is 0 Å². The molecule has 2 aromatic rings. The summed E-state index contributed by atoms with van der Waals surface area (Å²) in [6.07, 6.45) is 1.10. The molecule has 1 unspecified atom stereocenters. The minimum Gasteiger partial charge on any atom is -0.381 e. The summed E-state index contributed by atoms with van der Waals surface area (Å²) in [7, 11) is -2.06. The Morgan fingerprint density at radius 1 is 1.48 bits per heavy atom. The van der Waals surface area contributed by atoms with Crippen molar-refractivity contribution < 1.29 is 13.2 Å². The first-order chi connectivity index (χ1) is 9.89. The Kier molecular flexibility index (Phi) is 4.53. The molecule has 0 aliphatic rings. The van der Waals surface area contributed by atoms with E-state index < -0.39 is 16.1 Å². The first-order valence-corrected chi connectivity index (χ1v) is 7.93. The molecule has 0 amide bonds. The summed E-state index contributed by atoms with van der Waals surface area (Å²) >= 11 is 0. The summed E-state index contributed by atoms with van der Waals surface area (Å²) in [5.74, 6) is 1.24. The molecule has 0 aromatic carbocycles. The van der Waals surface area contributed by atoms with Gasteiger partial charge in [-0.05, 0) is 26.0 Å². The van der Waals surface area contributed by atoms with Crippen LogP contribution in [0, 0.1) is 6.92 Å². The van der Waals surface area contributed by atoms with E-state index in [-0.39, 0.29) is 11.6 Å². The third kappa shape index (κ3) is 4.23. The molecule has 0 fully saturated rings. The molecule has 1 atom stereocenters. The molecule has 0 aliphatic carbocycles. The molecule has 9 heteroatoms. The molecule has 0 radical (unpaired) electrons. The highest BCUT2D eigenvalue weighted by molar-refractivity contribution is 7.92. The standard InChI is InChI=1S/C12H17N5O3S/c1-8(20-3)7-21(18,19)17-11-6-10(4-5-13-11)12-14-9(2)15-16-12/h4-6,8H,7H2,1-3H3,(H,13,17)(H,14,15,16). The van der Waals surface area contributed by atoms with Crippen molar-refractivity contribution in [3.8, 4) is 11.4 Å². The van der Waals surface area contributed by atoms with E-state index in [4.69, 9.17) is 4.74 Å². The van der Waals surface area contributed by atoms with E-state index in [9.17, 15) is 8.42 Å². The number of anilines is 1. The van der Waals surface area contributed by atoms with Gasteiger partial charge in [0.1, 0.15) is 11.6 Å². The van der Waals surface area contributed by atoms with Crippen LogP contribution in [-0.4, -0.2) is 47.5 Å². The number of methoxy groups -OCH3 is 1. The number of ether oxygens (including phenoxy) is 1. The maximum atomic E-state index is 12.0. The number of H-pyrrole nitrogens is 1. The van der Waals surface area contributed by atoms with Gasteiger partial charge in [-0.1, -0.05) is 0 Å². The van der Waals surface area contributed by atoms with Crippen molar-refractivity contribution in [3.05, 3.63) is 24.2 Å². The van der Waals surface area contributed by atoms with Crippen LogP contribution in [0.2, 0.25) is 0 Å². The van der Waals surface area contributed by atoms with Crippen LogP contribution in [0.15, 0.2) is 18.3 Å². The van der Waals surface area contributed by atoms with Crippen molar-refractivity contribution >= 4 is 15.8 Å². The van der Waals surface area contributed by atoms with Crippen LogP contribution in [-0.2, 0) is 14.8 Å². The van der Waals surface area contributed by atoms with Gasteiger partial charge in [-0.15, -0.1) is 0 Å². The number of hydrogen-bond donors (Lipinski definition) is 2. The Hall–Kier alpha value is -2.00. The second-order valence-electron chi connectivity index (χ2n) is 4.60. The summed E-state index contributed by atoms with van der Waals surface area (Å²) in [6.45, 7) is 3.47. The smallest absolute Gasteiger partial charge is 0.236 e. The van der Waals surface area contributed by atoms with Gasteiger partial charge < -0.3 is 4.74 Å². The topological polar surface area (TPSA) is 110 Å². The van der Waals surface area contributed by atoms with Gasteiger partial charge in [0.2, 0.25) is 10.0 Å². The van der Waals surface area contributed by atoms with E-state index in [1.165, 1.54) is 13.3 Å². The lowest BCUT2D eigenvalue weighted by Gasteiger charge is -2.11. The number of nitrogens with one attached hydrogen (secondary N) is 2. The number of aromatic nitrogens is 4. The van der Waals surface area contributed by atoms with Gasteiger partial charge in [-0.2, -0.15) is 5.10 Å². The Bertz CT molecular complexity index is 713. The second-order valence-corrected chi connectivity index (χ2v) is 6.37. The summed E-state index contributed by atoms with van der Waals surface area (Å²) < 4.78 is 31.3. The van der Waals surface area contributed by atoms with Gasteiger partial charge in [0.05, 0.1) is 11.9 Å². The van der Waals surface area contributed by atoms with E-state index in [0.29, 0.717) is 17.2 Å². The minimum absolute atomic E-state index is 0.144.